The lowest BCUT2D eigenvalue weighted by atomic mass is 10.1. The number of benzene rings is 1. The molecule has 1 aliphatic rings. The van der Waals surface area contributed by atoms with Crippen LogP contribution < -0.4 is 15.1 Å². The molecule has 1 saturated heterocycles. The third-order valence-corrected chi connectivity index (χ3v) is 4.57. The SMILES string of the molecule is CCCN(C)c1ccc(C(=O)Nc2cccnc2N2CCCC2)cc1. The van der Waals surface area contributed by atoms with Gasteiger partial charge in [-0.15, -0.1) is 0 Å². The van der Waals surface area contributed by atoms with Gasteiger partial charge in [-0.3, -0.25) is 4.79 Å². The predicted octanol–water partition coefficient (Wildman–Crippen LogP) is 3.78. The number of rotatable bonds is 6. The Bertz CT molecular complexity index is 708. The van der Waals surface area contributed by atoms with Gasteiger partial charge in [0.1, 0.15) is 0 Å². The van der Waals surface area contributed by atoms with Crippen LogP contribution in [0, 0.1) is 0 Å². The van der Waals surface area contributed by atoms with E-state index >= 15 is 0 Å². The van der Waals surface area contributed by atoms with E-state index in [-0.39, 0.29) is 5.91 Å². The number of carbonyl (C=O) groups excluding carboxylic acids is 1. The van der Waals surface area contributed by atoms with E-state index < -0.39 is 0 Å². The number of hydrogen-bond acceptors (Lipinski definition) is 4. The average molecular weight is 338 g/mol. The Balaban J connectivity index is 1.72. The first-order valence-corrected chi connectivity index (χ1v) is 9.01. The van der Waals surface area contributed by atoms with Crippen LogP contribution >= 0.6 is 0 Å². The van der Waals surface area contributed by atoms with Crippen molar-refractivity contribution >= 4 is 23.1 Å². The third kappa shape index (κ3) is 4.10. The van der Waals surface area contributed by atoms with Gasteiger partial charge in [-0.2, -0.15) is 0 Å². The number of pyridine rings is 1. The number of carbonyl (C=O) groups is 1. The standard InChI is InChI=1S/C20H26N4O/c1-3-13-23(2)17-10-8-16(9-11-17)20(25)22-18-7-6-12-21-19(18)24-14-4-5-15-24/h6-12H,3-5,13-15H2,1-2H3,(H,22,25). The van der Waals surface area contributed by atoms with E-state index in [1.54, 1.807) is 6.20 Å². The monoisotopic (exact) mass is 338 g/mol. The van der Waals surface area contributed by atoms with Crippen LogP contribution in [0.5, 0.6) is 0 Å². The van der Waals surface area contributed by atoms with Gasteiger partial charge in [0.15, 0.2) is 5.82 Å². The molecule has 1 fully saturated rings. The minimum Gasteiger partial charge on any atom is -0.375 e. The molecule has 1 N–H and O–H groups in total. The molecule has 1 aliphatic heterocycles. The third-order valence-electron chi connectivity index (χ3n) is 4.57. The second-order valence-corrected chi connectivity index (χ2v) is 6.49. The summed E-state index contributed by atoms with van der Waals surface area (Å²) in [4.78, 5) is 21.5. The van der Waals surface area contributed by atoms with Gasteiger partial charge in [0, 0.05) is 44.1 Å². The summed E-state index contributed by atoms with van der Waals surface area (Å²) in [6.07, 6.45) is 5.23. The van der Waals surface area contributed by atoms with Crippen molar-refractivity contribution in [2.24, 2.45) is 0 Å². The van der Waals surface area contributed by atoms with E-state index in [1.165, 1.54) is 12.8 Å². The normalized spacial score (nSPS) is 13.8. The van der Waals surface area contributed by atoms with E-state index in [2.05, 4.69) is 34.1 Å². The van der Waals surface area contributed by atoms with Crippen LogP contribution in [0.2, 0.25) is 0 Å². The highest BCUT2D eigenvalue weighted by Crippen LogP contribution is 2.26. The summed E-state index contributed by atoms with van der Waals surface area (Å²) in [5, 5.41) is 3.02. The summed E-state index contributed by atoms with van der Waals surface area (Å²) in [6, 6.07) is 11.5. The van der Waals surface area contributed by atoms with E-state index in [4.69, 9.17) is 0 Å². The Morgan fingerprint density at radius 2 is 1.92 bits per heavy atom. The van der Waals surface area contributed by atoms with Crippen LogP contribution in [0.1, 0.15) is 36.5 Å². The fourth-order valence-electron chi connectivity index (χ4n) is 3.20. The zero-order valence-electron chi connectivity index (χ0n) is 15.0. The lowest BCUT2D eigenvalue weighted by Gasteiger charge is -2.20. The molecule has 132 valence electrons. The van der Waals surface area contributed by atoms with Gasteiger partial charge >= 0.3 is 0 Å². The fourth-order valence-corrected chi connectivity index (χ4v) is 3.20. The lowest BCUT2D eigenvalue weighted by molar-refractivity contribution is 0.102. The molecule has 5 heteroatoms. The zero-order valence-corrected chi connectivity index (χ0v) is 15.0. The Morgan fingerprint density at radius 3 is 2.60 bits per heavy atom. The molecule has 25 heavy (non-hydrogen) atoms. The fraction of sp³-hybridized carbons (Fsp3) is 0.400. The maximum absolute atomic E-state index is 12.6. The van der Waals surface area contributed by atoms with Crippen molar-refractivity contribution in [1.29, 1.82) is 0 Å². The second-order valence-electron chi connectivity index (χ2n) is 6.49. The first kappa shape index (κ1) is 17.3. The summed E-state index contributed by atoms with van der Waals surface area (Å²) >= 11 is 0. The van der Waals surface area contributed by atoms with E-state index in [0.717, 1.165) is 43.2 Å². The maximum atomic E-state index is 12.6. The van der Waals surface area contributed by atoms with Crippen molar-refractivity contribution in [2.75, 3.05) is 41.8 Å². The topological polar surface area (TPSA) is 48.5 Å². The van der Waals surface area contributed by atoms with Crippen LogP contribution in [-0.4, -0.2) is 37.6 Å². The number of amides is 1. The van der Waals surface area contributed by atoms with Gasteiger partial charge in [0.25, 0.3) is 5.91 Å². The van der Waals surface area contributed by atoms with Gasteiger partial charge in [-0.25, -0.2) is 4.98 Å². The number of aromatic nitrogens is 1. The summed E-state index contributed by atoms with van der Waals surface area (Å²) in [7, 11) is 2.07. The Morgan fingerprint density at radius 1 is 1.20 bits per heavy atom. The second kappa shape index (κ2) is 8.01. The van der Waals surface area contributed by atoms with Crippen LogP contribution in [0.3, 0.4) is 0 Å². The molecule has 0 atom stereocenters. The minimum atomic E-state index is -0.0989. The van der Waals surface area contributed by atoms with Gasteiger partial charge in [-0.1, -0.05) is 6.92 Å². The summed E-state index contributed by atoms with van der Waals surface area (Å²) in [5.74, 6) is 0.769. The van der Waals surface area contributed by atoms with Gasteiger partial charge in [-0.05, 0) is 55.7 Å². The van der Waals surface area contributed by atoms with Crippen LogP contribution in [0.25, 0.3) is 0 Å². The smallest absolute Gasteiger partial charge is 0.255 e. The maximum Gasteiger partial charge on any atom is 0.255 e. The zero-order chi connectivity index (χ0) is 17.6. The Hall–Kier alpha value is -2.56. The van der Waals surface area contributed by atoms with Gasteiger partial charge in [0.2, 0.25) is 0 Å². The van der Waals surface area contributed by atoms with Crippen molar-refractivity contribution in [1.82, 2.24) is 4.98 Å². The molecule has 0 saturated carbocycles. The molecule has 0 unspecified atom stereocenters. The molecule has 0 radical (unpaired) electrons. The first-order valence-electron chi connectivity index (χ1n) is 9.01. The lowest BCUT2D eigenvalue weighted by Crippen LogP contribution is -2.22. The van der Waals surface area contributed by atoms with Crippen LogP contribution in [0.4, 0.5) is 17.2 Å². The molecular weight excluding hydrogens is 312 g/mol. The molecule has 0 spiro atoms. The van der Waals surface area contributed by atoms with E-state index in [1.807, 2.05) is 36.4 Å². The number of nitrogens with zero attached hydrogens (tertiary/aromatic N) is 3. The Labute approximate surface area is 149 Å². The molecule has 2 heterocycles. The van der Waals surface area contributed by atoms with Crippen molar-refractivity contribution in [3.63, 3.8) is 0 Å². The summed E-state index contributed by atoms with van der Waals surface area (Å²) in [5.41, 5.74) is 2.56. The van der Waals surface area contributed by atoms with Crippen molar-refractivity contribution in [3.05, 3.63) is 48.2 Å². The molecule has 0 bridgehead atoms. The van der Waals surface area contributed by atoms with Crippen molar-refractivity contribution < 1.29 is 4.79 Å². The number of nitrogens with one attached hydrogen (secondary N) is 1. The summed E-state index contributed by atoms with van der Waals surface area (Å²) < 4.78 is 0. The van der Waals surface area contributed by atoms with Gasteiger partial charge in [0.05, 0.1) is 5.69 Å². The highest BCUT2D eigenvalue weighted by molar-refractivity contribution is 6.05. The van der Waals surface area contributed by atoms with E-state index in [9.17, 15) is 4.79 Å². The van der Waals surface area contributed by atoms with Crippen LogP contribution in [-0.2, 0) is 0 Å². The van der Waals surface area contributed by atoms with Crippen molar-refractivity contribution in [2.45, 2.75) is 26.2 Å². The first-order chi connectivity index (χ1) is 12.2. The average Bonchev–Trinajstić information content (AvgIpc) is 3.17. The predicted molar refractivity (Wildman–Crippen MR) is 104 cm³/mol. The highest BCUT2D eigenvalue weighted by Gasteiger charge is 2.18. The van der Waals surface area contributed by atoms with Crippen molar-refractivity contribution in [3.8, 4) is 0 Å². The highest BCUT2D eigenvalue weighted by atomic mass is 16.1. The molecule has 0 aliphatic carbocycles. The molecule has 1 aromatic carbocycles. The number of anilines is 3. The largest absolute Gasteiger partial charge is 0.375 e. The van der Waals surface area contributed by atoms with Crippen LogP contribution in [0.15, 0.2) is 42.6 Å². The quantitative estimate of drug-likeness (QED) is 0.871. The summed E-state index contributed by atoms with van der Waals surface area (Å²) in [6.45, 7) is 5.15. The van der Waals surface area contributed by atoms with E-state index in [0.29, 0.717) is 5.56 Å². The molecule has 2 aromatic rings. The number of hydrogen-bond donors (Lipinski definition) is 1. The molecular formula is C20H26N4O. The molecule has 1 amide bonds. The minimum absolute atomic E-state index is 0.0989. The van der Waals surface area contributed by atoms with Gasteiger partial charge < -0.3 is 15.1 Å². The molecule has 3 rings (SSSR count). The molecule has 5 nitrogen and oxygen atoms in total. The molecule has 1 aromatic heterocycles. The Kier molecular flexibility index (Phi) is 5.53.